The van der Waals surface area contributed by atoms with Crippen LogP contribution in [0.2, 0.25) is 0 Å². The summed E-state index contributed by atoms with van der Waals surface area (Å²) in [5, 5.41) is 0. The van der Waals surface area contributed by atoms with Crippen molar-refractivity contribution in [3.63, 3.8) is 0 Å². The van der Waals surface area contributed by atoms with Gasteiger partial charge in [0, 0.05) is 5.41 Å². The fourth-order valence-corrected chi connectivity index (χ4v) is 3.46. The van der Waals surface area contributed by atoms with Gasteiger partial charge in [0.15, 0.2) is 0 Å². The second-order valence-electron chi connectivity index (χ2n) is 4.68. The zero-order valence-electron chi connectivity index (χ0n) is 7.88. The largest absolute Gasteiger partial charge is 0.303 e. The Morgan fingerprint density at radius 2 is 2.33 bits per heavy atom. The van der Waals surface area contributed by atoms with Gasteiger partial charge in [-0.15, -0.1) is 0 Å². The third-order valence-electron chi connectivity index (χ3n) is 3.97. The molecule has 3 unspecified atom stereocenters. The maximum absolute atomic E-state index is 11.1. The first-order valence-electron chi connectivity index (χ1n) is 5.27. The Morgan fingerprint density at radius 1 is 1.50 bits per heavy atom. The Hall–Kier alpha value is -0.330. The Labute approximate surface area is 74.5 Å². The van der Waals surface area contributed by atoms with E-state index in [1.165, 1.54) is 38.4 Å². The van der Waals surface area contributed by atoms with Crippen LogP contribution in [0.3, 0.4) is 0 Å². The van der Waals surface area contributed by atoms with Gasteiger partial charge in [0.05, 0.1) is 0 Å². The number of rotatable bonds is 3. The lowest BCUT2D eigenvalue weighted by atomic mass is 9.71. The highest BCUT2D eigenvalue weighted by Crippen LogP contribution is 2.56. The van der Waals surface area contributed by atoms with Crippen LogP contribution in [0, 0.1) is 17.3 Å². The van der Waals surface area contributed by atoms with Crippen LogP contribution in [0.4, 0.5) is 0 Å². The van der Waals surface area contributed by atoms with Gasteiger partial charge in [-0.05, 0) is 37.5 Å². The number of aldehydes is 1. The van der Waals surface area contributed by atoms with Crippen molar-refractivity contribution in [2.75, 3.05) is 0 Å². The van der Waals surface area contributed by atoms with Crippen LogP contribution in [-0.2, 0) is 4.79 Å². The zero-order valence-corrected chi connectivity index (χ0v) is 7.88. The van der Waals surface area contributed by atoms with Gasteiger partial charge in [-0.2, -0.15) is 0 Å². The predicted octanol–water partition coefficient (Wildman–Crippen LogP) is 2.79. The van der Waals surface area contributed by atoms with E-state index in [-0.39, 0.29) is 5.41 Å². The topological polar surface area (TPSA) is 17.1 Å². The van der Waals surface area contributed by atoms with Gasteiger partial charge in [-0.3, -0.25) is 0 Å². The van der Waals surface area contributed by atoms with E-state index in [1.807, 2.05) is 0 Å². The van der Waals surface area contributed by atoms with Crippen LogP contribution in [0.1, 0.15) is 45.4 Å². The molecule has 68 valence electrons. The van der Waals surface area contributed by atoms with E-state index in [9.17, 15) is 4.79 Å². The molecule has 1 nitrogen and oxygen atoms in total. The molecular weight excluding hydrogens is 148 g/mol. The van der Waals surface area contributed by atoms with E-state index in [4.69, 9.17) is 0 Å². The normalized spacial score (nSPS) is 45.1. The predicted molar refractivity (Wildman–Crippen MR) is 48.9 cm³/mol. The molecular formula is C11H18O. The molecule has 0 heterocycles. The van der Waals surface area contributed by atoms with Gasteiger partial charge in [-0.25, -0.2) is 0 Å². The summed E-state index contributed by atoms with van der Waals surface area (Å²) in [6, 6.07) is 0. The molecule has 0 amide bonds. The molecule has 2 bridgehead atoms. The van der Waals surface area contributed by atoms with Crippen molar-refractivity contribution in [2.45, 2.75) is 45.4 Å². The Morgan fingerprint density at radius 3 is 2.75 bits per heavy atom. The van der Waals surface area contributed by atoms with Gasteiger partial charge in [0.1, 0.15) is 6.29 Å². The van der Waals surface area contributed by atoms with Crippen LogP contribution in [0.5, 0.6) is 0 Å². The molecule has 2 fully saturated rings. The smallest absolute Gasteiger partial charge is 0.126 e. The van der Waals surface area contributed by atoms with E-state index in [1.54, 1.807) is 0 Å². The van der Waals surface area contributed by atoms with Crippen molar-refractivity contribution in [3.8, 4) is 0 Å². The highest BCUT2D eigenvalue weighted by Gasteiger charge is 2.49. The molecule has 0 radical (unpaired) electrons. The van der Waals surface area contributed by atoms with E-state index < -0.39 is 0 Å². The molecule has 3 atom stereocenters. The zero-order chi connectivity index (χ0) is 8.60. The monoisotopic (exact) mass is 166 g/mol. The fourth-order valence-electron chi connectivity index (χ4n) is 3.46. The summed E-state index contributed by atoms with van der Waals surface area (Å²) in [5.74, 6) is 1.65. The quantitative estimate of drug-likeness (QED) is 0.589. The van der Waals surface area contributed by atoms with Crippen molar-refractivity contribution >= 4 is 6.29 Å². The van der Waals surface area contributed by atoms with Crippen molar-refractivity contribution in [3.05, 3.63) is 0 Å². The number of hydrogen-bond donors (Lipinski definition) is 0. The molecule has 2 rings (SSSR count). The Kier molecular flexibility index (Phi) is 1.97. The number of carbonyl (C=O) groups excluding carboxylic acids is 1. The second kappa shape index (κ2) is 2.86. The average molecular weight is 166 g/mol. The van der Waals surface area contributed by atoms with Gasteiger partial charge in [-0.1, -0.05) is 19.8 Å². The number of carbonyl (C=O) groups is 1. The molecule has 12 heavy (non-hydrogen) atoms. The van der Waals surface area contributed by atoms with Crippen LogP contribution in [0.25, 0.3) is 0 Å². The Balaban J connectivity index is 2.13. The van der Waals surface area contributed by atoms with E-state index in [0.717, 1.165) is 18.3 Å². The number of fused-ring (bicyclic) bond motifs is 2. The molecule has 0 aliphatic heterocycles. The first-order chi connectivity index (χ1) is 5.80. The molecule has 0 aromatic heterocycles. The fraction of sp³-hybridized carbons (Fsp3) is 0.909. The summed E-state index contributed by atoms with van der Waals surface area (Å²) in [6.07, 6.45) is 8.85. The molecule has 0 spiro atoms. The lowest BCUT2D eigenvalue weighted by Gasteiger charge is -2.31. The summed E-state index contributed by atoms with van der Waals surface area (Å²) >= 11 is 0. The minimum Gasteiger partial charge on any atom is -0.303 e. The van der Waals surface area contributed by atoms with E-state index in [2.05, 4.69) is 6.92 Å². The molecule has 0 aromatic carbocycles. The van der Waals surface area contributed by atoms with Crippen molar-refractivity contribution < 1.29 is 4.79 Å². The second-order valence-corrected chi connectivity index (χ2v) is 4.68. The summed E-state index contributed by atoms with van der Waals surface area (Å²) in [7, 11) is 0. The third kappa shape index (κ3) is 1.02. The highest BCUT2D eigenvalue weighted by molar-refractivity contribution is 5.61. The van der Waals surface area contributed by atoms with Crippen LogP contribution >= 0.6 is 0 Å². The first-order valence-corrected chi connectivity index (χ1v) is 5.27. The highest BCUT2D eigenvalue weighted by atomic mass is 16.1. The molecule has 0 aromatic rings. The van der Waals surface area contributed by atoms with Crippen molar-refractivity contribution in [1.29, 1.82) is 0 Å². The SMILES string of the molecule is CCCC1(C=O)CC2CCC1C2. The van der Waals surface area contributed by atoms with Gasteiger partial charge < -0.3 is 4.79 Å². The lowest BCUT2D eigenvalue weighted by molar-refractivity contribution is -0.119. The van der Waals surface area contributed by atoms with Crippen molar-refractivity contribution in [1.82, 2.24) is 0 Å². The lowest BCUT2D eigenvalue weighted by Crippen LogP contribution is -2.29. The molecule has 0 saturated heterocycles. The minimum absolute atomic E-state index is 0.123. The molecule has 2 saturated carbocycles. The molecule has 1 heteroatoms. The average Bonchev–Trinajstić information content (AvgIpc) is 2.64. The Bertz CT molecular complexity index is 187. The summed E-state index contributed by atoms with van der Waals surface area (Å²) in [6.45, 7) is 2.19. The van der Waals surface area contributed by atoms with Crippen LogP contribution in [-0.4, -0.2) is 6.29 Å². The van der Waals surface area contributed by atoms with Gasteiger partial charge >= 0.3 is 0 Å². The van der Waals surface area contributed by atoms with Gasteiger partial charge in [0.25, 0.3) is 0 Å². The summed E-state index contributed by atoms with van der Waals surface area (Å²) in [5.41, 5.74) is 0.123. The molecule has 2 aliphatic carbocycles. The van der Waals surface area contributed by atoms with Crippen LogP contribution in [0.15, 0.2) is 0 Å². The molecule has 2 aliphatic rings. The van der Waals surface area contributed by atoms with Crippen LogP contribution < -0.4 is 0 Å². The standard InChI is InChI=1S/C11H18O/c1-2-5-11(8-12)7-9-3-4-10(11)6-9/h8-10H,2-7H2,1H3. The maximum Gasteiger partial charge on any atom is 0.126 e. The van der Waals surface area contributed by atoms with E-state index >= 15 is 0 Å². The maximum atomic E-state index is 11.1. The van der Waals surface area contributed by atoms with Crippen molar-refractivity contribution in [2.24, 2.45) is 17.3 Å². The third-order valence-corrected chi connectivity index (χ3v) is 3.97. The minimum atomic E-state index is 0.123. The van der Waals surface area contributed by atoms with Gasteiger partial charge in [0.2, 0.25) is 0 Å². The number of hydrogen-bond acceptors (Lipinski definition) is 1. The summed E-state index contributed by atoms with van der Waals surface area (Å²) < 4.78 is 0. The molecule has 0 N–H and O–H groups in total. The first kappa shape index (κ1) is 8.28. The van der Waals surface area contributed by atoms with E-state index in [0.29, 0.717) is 0 Å². The summed E-state index contributed by atoms with van der Waals surface area (Å²) in [4.78, 5) is 11.1.